The van der Waals surface area contributed by atoms with Crippen molar-refractivity contribution in [3.05, 3.63) is 57.0 Å². The zero-order chi connectivity index (χ0) is 14.8. The monoisotopic (exact) mass is 323 g/mol. The average molecular weight is 323 g/mol. The maximum Gasteiger partial charge on any atom is 0.123 e. The molecule has 5 heteroatoms. The van der Waals surface area contributed by atoms with Gasteiger partial charge in [0.05, 0.1) is 6.10 Å². The van der Waals surface area contributed by atoms with Gasteiger partial charge < -0.3 is 10.8 Å². The second kappa shape index (κ2) is 6.48. The lowest BCUT2D eigenvalue weighted by molar-refractivity contribution is 0.151. The van der Waals surface area contributed by atoms with Crippen LogP contribution >= 0.6 is 23.1 Å². The molecule has 1 aliphatic heterocycles. The number of aliphatic hydroxyl groups is 1. The standard InChI is InChI=1S/C16H18FNOS2/c17-12-3-1-10(2-4-12)13(8-18)16(19)15-7-11-9-20-6-5-14(11)21-15/h1-4,7,13,16,19H,5-6,8-9,18H2. The van der Waals surface area contributed by atoms with Gasteiger partial charge in [0.2, 0.25) is 0 Å². The average Bonchev–Trinajstić information content (AvgIpc) is 2.93. The second-order valence-corrected chi connectivity index (χ2v) is 7.51. The lowest BCUT2D eigenvalue weighted by atomic mass is 9.92. The largest absolute Gasteiger partial charge is 0.387 e. The fourth-order valence-corrected chi connectivity index (χ4v) is 5.10. The van der Waals surface area contributed by atoms with Crippen LogP contribution in [0.3, 0.4) is 0 Å². The van der Waals surface area contributed by atoms with Crippen LogP contribution in [-0.2, 0) is 12.2 Å². The molecule has 3 rings (SSSR count). The van der Waals surface area contributed by atoms with Crippen LogP contribution in [0.15, 0.2) is 30.3 Å². The van der Waals surface area contributed by atoms with Gasteiger partial charge in [0, 0.05) is 28.0 Å². The SMILES string of the molecule is NCC(c1ccc(F)cc1)C(O)c1cc2c(s1)CCSC2. The molecule has 0 bridgehead atoms. The number of thioether (sulfide) groups is 1. The summed E-state index contributed by atoms with van der Waals surface area (Å²) in [5.41, 5.74) is 8.08. The second-order valence-electron chi connectivity index (χ2n) is 5.24. The van der Waals surface area contributed by atoms with Crippen molar-refractivity contribution in [2.45, 2.75) is 24.2 Å². The molecule has 1 aromatic carbocycles. The highest BCUT2D eigenvalue weighted by Gasteiger charge is 2.25. The van der Waals surface area contributed by atoms with Gasteiger partial charge in [-0.25, -0.2) is 4.39 Å². The summed E-state index contributed by atoms with van der Waals surface area (Å²) in [6, 6.07) is 8.36. The zero-order valence-electron chi connectivity index (χ0n) is 11.6. The Morgan fingerprint density at radius 3 is 2.71 bits per heavy atom. The molecule has 0 fully saturated rings. The van der Waals surface area contributed by atoms with Gasteiger partial charge in [-0.3, -0.25) is 0 Å². The molecule has 2 nitrogen and oxygen atoms in total. The fourth-order valence-electron chi connectivity index (χ4n) is 2.67. The lowest BCUT2D eigenvalue weighted by Gasteiger charge is -2.21. The van der Waals surface area contributed by atoms with Crippen molar-refractivity contribution in [3.63, 3.8) is 0 Å². The topological polar surface area (TPSA) is 46.2 Å². The van der Waals surface area contributed by atoms with Crippen LogP contribution < -0.4 is 5.73 Å². The summed E-state index contributed by atoms with van der Waals surface area (Å²) >= 11 is 3.63. The number of halogens is 1. The summed E-state index contributed by atoms with van der Waals surface area (Å²) in [6.07, 6.45) is 0.461. The highest BCUT2D eigenvalue weighted by Crippen LogP contribution is 2.39. The van der Waals surface area contributed by atoms with E-state index >= 15 is 0 Å². The third kappa shape index (κ3) is 3.16. The number of aliphatic hydroxyl groups excluding tert-OH is 1. The van der Waals surface area contributed by atoms with E-state index in [1.807, 2.05) is 11.8 Å². The normalized spacial score (nSPS) is 17.3. The van der Waals surface area contributed by atoms with Gasteiger partial charge >= 0.3 is 0 Å². The molecular weight excluding hydrogens is 305 g/mol. The first-order valence-electron chi connectivity index (χ1n) is 7.02. The van der Waals surface area contributed by atoms with Gasteiger partial charge in [-0.15, -0.1) is 11.3 Å². The molecule has 1 aromatic heterocycles. The van der Waals surface area contributed by atoms with Crippen molar-refractivity contribution in [1.29, 1.82) is 0 Å². The Morgan fingerprint density at radius 1 is 1.29 bits per heavy atom. The van der Waals surface area contributed by atoms with Crippen molar-refractivity contribution < 1.29 is 9.50 Å². The van der Waals surface area contributed by atoms with Gasteiger partial charge in [0.1, 0.15) is 5.82 Å². The van der Waals surface area contributed by atoms with Crippen molar-refractivity contribution >= 4 is 23.1 Å². The van der Waals surface area contributed by atoms with Gasteiger partial charge in [-0.05, 0) is 41.5 Å². The van der Waals surface area contributed by atoms with Crippen LogP contribution in [-0.4, -0.2) is 17.4 Å². The summed E-state index contributed by atoms with van der Waals surface area (Å²) in [4.78, 5) is 2.36. The predicted molar refractivity (Wildman–Crippen MR) is 87.3 cm³/mol. The molecule has 112 valence electrons. The molecule has 0 amide bonds. The highest BCUT2D eigenvalue weighted by atomic mass is 32.2. The fraction of sp³-hybridized carbons (Fsp3) is 0.375. The van der Waals surface area contributed by atoms with E-state index in [1.165, 1.54) is 22.6 Å². The molecule has 2 heterocycles. The number of benzene rings is 1. The third-order valence-corrected chi connectivity index (χ3v) is 6.19. The minimum atomic E-state index is -0.624. The van der Waals surface area contributed by atoms with Crippen molar-refractivity contribution in [2.75, 3.05) is 12.3 Å². The Kier molecular flexibility index (Phi) is 4.64. The molecule has 2 atom stereocenters. The van der Waals surface area contributed by atoms with Gasteiger partial charge in [-0.2, -0.15) is 11.8 Å². The maximum atomic E-state index is 13.0. The first kappa shape index (κ1) is 15.0. The van der Waals surface area contributed by atoms with E-state index in [0.717, 1.165) is 28.4 Å². The van der Waals surface area contributed by atoms with Gasteiger partial charge in [0.15, 0.2) is 0 Å². The summed E-state index contributed by atoms with van der Waals surface area (Å²) in [6.45, 7) is 0.337. The number of rotatable bonds is 4. The summed E-state index contributed by atoms with van der Waals surface area (Å²) < 4.78 is 13.0. The Hall–Kier alpha value is -0.880. The van der Waals surface area contributed by atoms with Crippen LogP contribution in [0.1, 0.15) is 32.9 Å². The minimum Gasteiger partial charge on any atom is -0.387 e. The number of thiophene rings is 1. The van der Waals surface area contributed by atoms with Gasteiger partial charge in [-0.1, -0.05) is 12.1 Å². The van der Waals surface area contributed by atoms with E-state index in [1.54, 1.807) is 23.5 Å². The summed E-state index contributed by atoms with van der Waals surface area (Å²) in [7, 11) is 0. The molecule has 1 aliphatic rings. The zero-order valence-corrected chi connectivity index (χ0v) is 13.2. The van der Waals surface area contributed by atoms with E-state index < -0.39 is 6.10 Å². The molecule has 2 aromatic rings. The summed E-state index contributed by atoms with van der Waals surface area (Å²) in [5.74, 6) is 1.72. The first-order chi connectivity index (χ1) is 10.2. The molecule has 0 radical (unpaired) electrons. The molecule has 0 saturated heterocycles. The molecular formula is C16H18FNOS2. The smallest absolute Gasteiger partial charge is 0.123 e. The number of hydrogen-bond donors (Lipinski definition) is 2. The molecule has 3 N–H and O–H groups in total. The van der Waals surface area contributed by atoms with E-state index in [-0.39, 0.29) is 11.7 Å². The van der Waals surface area contributed by atoms with Crippen molar-refractivity contribution in [1.82, 2.24) is 0 Å². The number of aryl methyl sites for hydroxylation is 1. The van der Waals surface area contributed by atoms with E-state index in [4.69, 9.17) is 5.73 Å². The van der Waals surface area contributed by atoms with E-state index in [9.17, 15) is 9.50 Å². The Labute approximate surface area is 132 Å². The first-order valence-corrected chi connectivity index (χ1v) is 8.99. The van der Waals surface area contributed by atoms with Crippen LogP contribution in [0, 0.1) is 5.82 Å². The Balaban J connectivity index is 1.86. The highest BCUT2D eigenvalue weighted by molar-refractivity contribution is 7.98. The van der Waals surface area contributed by atoms with E-state index in [2.05, 4.69) is 6.07 Å². The van der Waals surface area contributed by atoms with Crippen LogP contribution in [0.2, 0.25) is 0 Å². The van der Waals surface area contributed by atoms with Crippen LogP contribution in [0.25, 0.3) is 0 Å². The molecule has 2 unspecified atom stereocenters. The molecule has 0 saturated carbocycles. The lowest BCUT2D eigenvalue weighted by Crippen LogP contribution is -2.19. The molecule has 0 spiro atoms. The molecule has 0 aliphatic carbocycles. The third-order valence-electron chi connectivity index (χ3n) is 3.87. The van der Waals surface area contributed by atoms with Crippen molar-refractivity contribution in [2.24, 2.45) is 5.73 Å². The maximum absolute atomic E-state index is 13.0. The number of nitrogens with two attached hydrogens (primary N) is 1. The van der Waals surface area contributed by atoms with Crippen LogP contribution in [0.5, 0.6) is 0 Å². The van der Waals surface area contributed by atoms with Crippen LogP contribution in [0.4, 0.5) is 4.39 Å². The van der Waals surface area contributed by atoms with Gasteiger partial charge in [0.25, 0.3) is 0 Å². The number of hydrogen-bond acceptors (Lipinski definition) is 4. The van der Waals surface area contributed by atoms with Crippen molar-refractivity contribution in [3.8, 4) is 0 Å². The Bertz CT molecular complexity index is 588. The minimum absolute atomic E-state index is 0.196. The number of fused-ring (bicyclic) bond motifs is 1. The predicted octanol–water partition coefficient (Wildman–Crippen LogP) is 3.45. The molecule has 21 heavy (non-hydrogen) atoms. The van der Waals surface area contributed by atoms with E-state index in [0.29, 0.717) is 6.54 Å². The summed E-state index contributed by atoms with van der Waals surface area (Å²) in [5, 5.41) is 10.7. The quantitative estimate of drug-likeness (QED) is 0.906. The Morgan fingerprint density at radius 2 is 2.05 bits per heavy atom.